The van der Waals surface area contributed by atoms with Gasteiger partial charge < -0.3 is 9.88 Å². The van der Waals surface area contributed by atoms with Crippen LogP contribution in [-0.2, 0) is 23.0 Å². The molecule has 1 aliphatic carbocycles. The number of rotatable bonds is 7. The third-order valence-electron chi connectivity index (χ3n) is 5.80. The van der Waals surface area contributed by atoms with E-state index in [1.807, 2.05) is 48.9 Å². The molecule has 1 aromatic heterocycles. The number of nitrogens with one attached hydrogen (secondary N) is 1. The van der Waals surface area contributed by atoms with E-state index in [2.05, 4.69) is 40.6 Å². The highest BCUT2D eigenvalue weighted by atomic mass is 35.5. The lowest BCUT2D eigenvalue weighted by molar-refractivity contribution is -0.124. The van der Waals surface area contributed by atoms with Crippen molar-refractivity contribution in [3.63, 3.8) is 0 Å². The number of aryl methyl sites for hydroxylation is 1. The van der Waals surface area contributed by atoms with Gasteiger partial charge in [0, 0.05) is 17.8 Å². The van der Waals surface area contributed by atoms with Gasteiger partial charge in [-0.3, -0.25) is 4.79 Å². The number of amides is 1. The van der Waals surface area contributed by atoms with E-state index in [0.717, 1.165) is 35.1 Å². The maximum absolute atomic E-state index is 13.1. The standard InChI is InChI=1S/C23H25ClN4OS/c1-15-6-4-5-7-17(15)14-30-22-27-26-20(28(22)3)16(2)25-21(29)23(12-13-23)18-8-10-19(24)11-9-18/h4-11,16H,12-14H2,1-3H3,(H,25,29)/t16-/m0/s1. The third kappa shape index (κ3) is 4.12. The third-order valence-corrected chi connectivity index (χ3v) is 7.12. The second kappa shape index (κ2) is 8.44. The molecular formula is C23H25ClN4OS. The Morgan fingerprint density at radius 1 is 1.20 bits per heavy atom. The summed E-state index contributed by atoms with van der Waals surface area (Å²) < 4.78 is 1.97. The normalized spacial score (nSPS) is 15.6. The number of carbonyl (C=O) groups excluding carboxylic acids is 1. The molecule has 7 heteroatoms. The molecule has 0 aliphatic heterocycles. The van der Waals surface area contributed by atoms with Crippen LogP contribution in [0.3, 0.4) is 0 Å². The number of carbonyl (C=O) groups is 1. The molecule has 2 aromatic carbocycles. The van der Waals surface area contributed by atoms with E-state index in [1.165, 1.54) is 11.1 Å². The smallest absolute Gasteiger partial charge is 0.231 e. The minimum Gasteiger partial charge on any atom is -0.346 e. The Morgan fingerprint density at radius 2 is 1.90 bits per heavy atom. The van der Waals surface area contributed by atoms with E-state index in [0.29, 0.717) is 5.02 Å². The summed E-state index contributed by atoms with van der Waals surface area (Å²) in [5.41, 5.74) is 3.13. The molecule has 0 bridgehead atoms. The van der Waals surface area contributed by atoms with Crippen molar-refractivity contribution in [2.45, 2.75) is 49.1 Å². The molecule has 3 aromatic rings. The Morgan fingerprint density at radius 3 is 2.57 bits per heavy atom. The second-order valence-electron chi connectivity index (χ2n) is 7.90. The Labute approximate surface area is 186 Å². The fourth-order valence-electron chi connectivity index (χ4n) is 3.68. The molecule has 4 rings (SSSR count). The minimum atomic E-state index is -0.445. The highest BCUT2D eigenvalue weighted by Gasteiger charge is 2.51. The van der Waals surface area contributed by atoms with Crippen LogP contribution < -0.4 is 5.32 Å². The maximum Gasteiger partial charge on any atom is 0.231 e. The predicted molar refractivity (Wildman–Crippen MR) is 121 cm³/mol. The second-order valence-corrected chi connectivity index (χ2v) is 9.28. The van der Waals surface area contributed by atoms with E-state index in [-0.39, 0.29) is 11.9 Å². The lowest BCUT2D eigenvalue weighted by atomic mass is 9.94. The summed E-state index contributed by atoms with van der Waals surface area (Å²) in [7, 11) is 1.95. The highest BCUT2D eigenvalue weighted by molar-refractivity contribution is 7.98. The van der Waals surface area contributed by atoms with Crippen LogP contribution >= 0.6 is 23.4 Å². The van der Waals surface area contributed by atoms with Gasteiger partial charge in [0.25, 0.3) is 0 Å². The van der Waals surface area contributed by atoms with Gasteiger partial charge in [-0.25, -0.2) is 0 Å². The average molecular weight is 441 g/mol. The Hall–Kier alpha value is -2.31. The number of thioether (sulfide) groups is 1. The van der Waals surface area contributed by atoms with Crippen molar-refractivity contribution < 1.29 is 4.79 Å². The summed E-state index contributed by atoms with van der Waals surface area (Å²) in [6.45, 7) is 4.07. The number of nitrogens with zero attached hydrogens (tertiary/aromatic N) is 3. The molecule has 0 saturated heterocycles. The highest BCUT2D eigenvalue weighted by Crippen LogP contribution is 2.48. The van der Waals surface area contributed by atoms with Gasteiger partial charge >= 0.3 is 0 Å². The molecule has 156 valence electrons. The van der Waals surface area contributed by atoms with Gasteiger partial charge in [0.05, 0.1) is 11.5 Å². The summed E-state index contributed by atoms with van der Waals surface area (Å²) in [6, 6.07) is 15.7. The Bertz CT molecular complexity index is 1060. The zero-order valence-corrected chi connectivity index (χ0v) is 18.9. The van der Waals surface area contributed by atoms with Gasteiger partial charge in [-0.1, -0.05) is 59.8 Å². The molecule has 0 unspecified atom stereocenters. The van der Waals surface area contributed by atoms with Gasteiger partial charge in [0.1, 0.15) is 0 Å². The minimum absolute atomic E-state index is 0.0365. The summed E-state index contributed by atoms with van der Waals surface area (Å²) in [5, 5.41) is 13.4. The topological polar surface area (TPSA) is 59.8 Å². The number of hydrogen-bond acceptors (Lipinski definition) is 4. The van der Waals surface area contributed by atoms with E-state index < -0.39 is 5.41 Å². The van der Waals surface area contributed by atoms with Crippen molar-refractivity contribution in [1.29, 1.82) is 0 Å². The van der Waals surface area contributed by atoms with E-state index in [4.69, 9.17) is 11.6 Å². The molecular weight excluding hydrogens is 416 g/mol. The van der Waals surface area contributed by atoms with Crippen LogP contribution in [0, 0.1) is 6.92 Å². The fourth-order valence-corrected chi connectivity index (χ4v) is 4.80. The summed E-state index contributed by atoms with van der Waals surface area (Å²) in [5.74, 6) is 1.62. The summed E-state index contributed by atoms with van der Waals surface area (Å²) in [6.07, 6.45) is 1.70. The number of hydrogen-bond donors (Lipinski definition) is 1. The number of aromatic nitrogens is 3. The van der Waals surface area contributed by atoms with Crippen molar-refractivity contribution in [2.24, 2.45) is 7.05 Å². The van der Waals surface area contributed by atoms with E-state index in [9.17, 15) is 4.79 Å². The first kappa shape index (κ1) is 20.9. The van der Waals surface area contributed by atoms with Gasteiger partial charge in [-0.2, -0.15) is 0 Å². The molecule has 1 saturated carbocycles. The van der Waals surface area contributed by atoms with Crippen LogP contribution in [0.5, 0.6) is 0 Å². The Balaban J connectivity index is 1.43. The van der Waals surface area contributed by atoms with Gasteiger partial charge in [0.15, 0.2) is 11.0 Å². The quantitative estimate of drug-likeness (QED) is 0.526. The predicted octanol–water partition coefficient (Wildman–Crippen LogP) is 4.98. The molecule has 5 nitrogen and oxygen atoms in total. The van der Waals surface area contributed by atoms with E-state index in [1.54, 1.807) is 11.8 Å². The van der Waals surface area contributed by atoms with Crippen LogP contribution in [-0.4, -0.2) is 20.7 Å². The van der Waals surface area contributed by atoms with E-state index >= 15 is 0 Å². The SMILES string of the molecule is Cc1ccccc1CSc1nnc([C@H](C)NC(=O)C2(c3ccc(Cl)cc3)CC2)n1C. The first-order valence-corrected chi connectivity index (χ1v) is 11.4. The molecule has 1 N–H and O–H groups in total. The van der Waals surface area contributed by atoms with Crippen molar-refractivity contribution in [3.05, 3.63) is 76.1 Å². The van der Waals surface area contributed by atoms with Crippen molar-refractivity contribution in [1.82, 2.24) is 20.1 Å². The number of halogens is 1. The largest absolute Gasteiger partial charge is 0.346 e. The monoisotopic (exact) mass is 440 g/mol. The van der Waals surface area contributed by atoms with Crippen molar-refractivity contribution >= 4 is 29.3 Å². The average Bonchev–Trinajstić information content (AvgIpc) is 3.46. The molecule has 1 fully saturated rings. The van der Waals surface area contributed by atoms with Crippen LogP contribution in [0.4, 0.5) is 0 Å². The lowest BCUT2D eigenvalue weighted by Gasteiger charge is -2.20. The van der Waals surface area contributed by atoms with Crippen LogP contribution in [0.2, 0.25) is 5.02 Å². The van der Waals surface area contributed by atoms with Gasteiger partial charge in [-0.15, -0.1) is 10.2 Å². The molecule has 1 atom stereocenters. The van der Waals surface area contributed by atoms with Gasteiger partial charge in [0.2, 0.25) is 5.91 Å². The van der Waals surface area contributed by atoms with Crippen molar-refractivity contribution in [2.75, 3.05) is 0 Å². The Kier molecular flexibility index (Phi) is 5.89. The zero-order valence-electron chi connectivity index (χ0n) is 17.4. The zero-order chi connectivity index (χ0) is 21.3. The molecule has 1 heterocycles. The molecule has 30 heavy (non-hydrogen) atoms. The van der Waals surface area contributed by atoms with Gasteiger partial charge in [-0.05, 0) is 55.5 Å². The van der Waals surface area contributed by atoms with Crippen LogP contribution in [0.15, 0.2) is 53.7 Å². The fraction of sp³-hybridized carbons (Fsp3) is 0.348. The number of benzene rings is 2. The lowest BCUT2D eigenvalue weighted by Crippen LogP contribution is -2.37. The first-order valence-electron chi connectivity index (χ1n) is 10.0. The summed E-state index contributed by atoms with van der Waals surface area (Å²) >= 11 is 7.65. The first-order chi connectivity index (χ1) is 14.4. The molecule has 0 radical (unpaired) electrons. The molecule has 1 aliphatic rings. The molecule has 0 spiro atoms. The van der Waals surface area contributed by atoms with Crippen LogP contribution in [0.1, 0.15) is 48.3 Å². The van der Waals surface area contributed by atoms with Crippen LogP contribution in [0.25, 0.3) is 0 Å². The molecule has 1 amide bonds. The summed E-state index contributed by atoms with van der Waals surface area (Å²) in [4.78, 5) is 13.1. The maximum atomic E-state index is 13.1. The van der Waals surface area contributed by atoms with Crippen molar-refractivity contribution in [3.8, 4) is 0 Å².